The Morgan fingerprint density at radius 2 is 1.88 bits per heavy atom. The van der Waals surface area contributed by atoms with Gasteiger partial charge in [-0.1, -0.05) is 41.4 Å². The van der Waals surface area contributed by atoms with Crippen molar-refractivity contribution in [2.45, 2.75) is 19.9 Å². The lowest BCUT2D eigenvalue weighted by Gasteiger charge is -2.17. The Balaban J connectivity index is 1.96. The van der Waals surface area contributed by atoms with Gasteiger partial charge >= 0.3 is 0 Å². The molecule has 25 heavy (non-hydrogen) atoms. The van der Waals surface area contributed by atoms with E-state index in [1.807, 2.05) is 6.92 Å². The van der Waals surface area contributed by atoms with Crippen molar-refractivity contribution in [2.75, 3.05) is 11.9 Å². The van der Waals surface area contributed by atoms with E-state index in [2.05, 4.69) is 10.6 Å². The van der Waals surface area contributed by atoms with Crippen LogP contribution in [0.25, 0.3) is 0 Å². The zero-order valence-electron chi connectivity index (χ0n) is 13.8. The Labute approximate surface area is 156 Å². The largest absolute Gasteiger partial charge is 0.482 e. The van der Waals surface area contributed by atoms with Crippen LogP contribution in [0.5, 0.6) is 5.75 Å². The quantitative estimate of drug-likeness (QED) is 0.788. The van der Waals surface area contributed by atoms with Crippen molar-refractivity contribution >= 4 is 40.7 Å². The lowest BCUT2D eigenvalue weighted by Crippen LogP contribution is -2.31. The van der Waals surface area contributed by atoms with E-state index in [1.165, 1.54) is 6.92 Å². The first-order valence-electron chi connectivity index (χ1n) is 7.60. The number of para-hydroxylation sites is 2. The van der Waals surface area contributed by atoms with Gasteiger partial charge < -0.3 is 15.4 Å². The molecule has 2 N–H and O–H groups in total. The molecule has 0 fully saturated rings. The van der Waals surface area contributed by atoms with Gasteiger partial charge in [0, 0.05) is 17.0 Å². The minimum Gasteiger partial charge on any atom is -0.482 e. The third-order valence-electron chi connectivity index (χ3n) is 3.36. The number of benzene rings is 2. The zero-order valence-corrected chi connectivity index (χ0v) is 15.3. The summed E-state index contributed by atoms with van der Waals surface area (Å²) in [5, 5.41) is 6.48. The maximum atomic E-state index is 12.1. The normalized spacial score (nSPS) is 11.5. The molecule has 2 amide bonds. The summed E-state index contributed by atoms with van der Waals surface area (Å²) in [6.45, 7) is 3.03. The van der Waals surface area contributed by atoms with Crippen LogP contribution in [0.3, 0.4) is 0 Å². The summed E-state index contributed by atoms with van der Waals surface area (Å²) in [5.41, 5.74) is 1.27. The second-order valence-electron chi connectivity index (χ2n) is 5.42. The van der Waals surface area contributed by atoms with E-state index in [0.29, 0.717) is 21.5 Å². The molecule has 0 aliphatic rings. The Kier molecular flexibility index (Phi) is 6.67. The second-order valence-corrected chi connectivity index (χ2v) is 6.26. The average Bonchev–Trinajstić information content (AvgIpc) is 2.53. The molecule has 0 aromatic heterocycles. The van der Waals surface area contributed by atoms with Crippen molar-refractivity contribution in [2.24, 2.45) is 0 Å². The van der Waals surface area contributed by atoms with Crippen molar-refractivity contribution in [3.05, 3.63) is 58.1 Å². The Hall–Kier alpha value is -2.24. The molecule has 2 aromatic carbocycles. The molecular formula is C18H18Cl2N2O3. The maximum Gasteiger partial charge on any atom is 0.258 e. The van der Waals surface area contributed by atoms with E-state index in [0.717, 1.165) is 5.56 Å². The van der Waals surface area contributed by atoms with Gasteiger partial charge in [0.1, 0.15) is 5.75 Å². The molecule has 0 aliphatic heterocycles. The average molecular weight is 381 g/mol. The number of hydrogen-bond acceptors (Lipinski definition) is 3. The van der Waals surface area contributed by atoms with Gasteiger partial charge in [0.25, 0.3) is 5.91 Å². The Morgan fingerprint density at radius 1 is 1.16 bits per heavy atom. The van der Waals surface area contributed by atoms with Crippen LogP contribution in [0, 0.1) is 0 Å². The van der Waals surface area contributed by atoms with Crippen molar-refractivity contribution in [3.63, 3.8) is 0 Å². The molecule has 0 saturated carbocycles. The van der Waals surface area contributed by atoms with Crippen LogP contribution in [-0.4, -0.2) is 18.4 Å². The highest BCUT2D eigenvalue weighted by atomic mass is 35.5. The Morgan fingerprint density at radius 3 is 2.56 bits per heavy atom. The predicted molar refractivity (Wildman–Crippen MR) is 99.3 cm³/mol. The van der Waals surface area contributed by atoms with Gasteiger partial charge in [0.05, 0.1) is 11.7 Å². The van der Waals surface area contributed by atoms with Crippen LogP contribution >= 0.6 is 23.2 Å². The standard InChI is InChI=1S/C18H18Cl2N2O3/c1-11(14-8-7-13(19)9-15(14)20)21-18(24)10-25-17-6-4-3-5-16(17)22-12(2)23/h3-9,11H,10H2,1-2H3,(H,21,24)(H,22,23)/t11-/m0/s1. The number of nitrogens with one attached hydrogen (secondary N) is 2. The SMILES string of the molecule is CC(=O)Nc1ccccc1OCC(=O)N[C@@H](C)c1ccc(Cl)cc1Cl. The molecule has 5 nitrogen and oxygen atoms in total. The number of anilines is 1. The predicted octanol–water partition coefficient (Wildman–Crippen LogP) is 4.21. The molecule has 0 heterocycles. The lowest BCUT2D eigenvalue weighted by molar-refractivity contribution is -0.123. The summed E-state index contributed by atoms with van der Waals surface area (Å²) in [6.07, 6.45) is 0. The number of rotatable bonds is 6. The third kappa shape index (κ3) is 5.66. The molecule has 0 spiro atoms. The number of amides is 2. The summed E-state index contributed by atoms with van der Waals surface area (Å²) in [6, 6.07) is 11.7. The smallest absolute Gasteiger partial charge is 0.258 e. The second kappa shape index (κ2) is 8.74. The fourth-order valence-corrected chi connectivity index (χ4v) is 2.81. The molecule has 1 atom stereocenters. The van der Waals surface area contributed by atoms with Crippen LogP contribution in [0.1, 0.15) is 25.5 Å². The van der Waals surface area contributed by atoms with Gasteiger partial charge in [0.2, 0.25) is 5.91 Å². The zero-order chi connectivity index (χ0) is 18.4. The Bertz CT molecular complexity index is 781. The maximum absolute atomic E-state index is 12.1. The number of carbonyl (C=O) groups excluding carboxylic acids is 2. The van der Waals surface area contributed by atoms with E-state index in [9.17, 15) is 9.59 Å². The van der Waals surface area contributed by atoms with Gasteiger partial charge in [0.15, 0.2) is 6.61 Å². The molecule has 132 valence electrons. The number of hydrogen-bond donors (Lipinski definition) is 2. The highest BCUT2D eigenvalue weighted by molar-refractivity contribution is 6.35. The van der Waals surface area contributed by atoms with Gasteiger partial charge in [-0.2, -0.15) is 0 Å². The van der Waals surface area contributed by atoms with Crippen LogP contribution in [-0.2, 0) is 9.59 Å². The van der Waals surface area contributed by atoms with Crippen LogP contribution in [0.15, 0.2) is 42.5 Å². The third-order valence-corrected chi connectivity index (χ3v) is 3.93. The summed E-state index contributed by atoms with van der Waals surface area (Å²) in [5.74, 6) is -0.104. The van der Waals surface area contributed by atoms with Gasteiger partial charge in [-0.25, -0.2) is 0 Å². The van der Waals surface area contributed by atoms with Crippen molar-refractivity contribution in [3.8, 4) is 5.75 Å². The number of halogens is 2. The topological polar surface area (TPSA) is 67.4 Å². The fourth-order valence-electron chi connectivity index (χ4n) is 2.24. The molecule has 0 bridgehead atoms. The molecular weight excluding hydrogens is 363 g/mol. The van der Waals surface area contributed by atoms with Gasteiger partial charge in [-0.3, -0.25) is 9.59 Å². The van der Waals surface area contributed by atoms with E-state index in [1.54, 1.807) is 42.5 Å². The highest BCUT2D eigenvalue weighted by Crippen LogP contribution is 2.26. The van der Waals surface area contributed by atoms with Gasteiger partial charge in [-0.05, 0) is 36.8 Å². The van der Waals surface area contributed by atoms with E-state index in [-0.39, 0.29) is 24.5 Å². The first-order valence-corrected chi connectivity index (χ1v) is 8.36. The molecule has 2 aromatic rings. The summed E-state index contributed by atoms with van der Waals surface area (Å²) in [7, 11) is 0. The summed E-state index contributed by atoms with van der Waals surface area (Å²) in [4.78, 5) is 23.3. The molecule has 2 rings (SSSR count). The summed E-state index contributed by atoms with van der Waals surface area (Å²) >= 11 is 12.0. The number of carbonyl (C=O) groups is 2. The van der Waals surface area contributed by atoms with Crippen molar-refractivity contribution in [1.29, 1.82) is 0 Å². The summed E-state index contributed by atoms with van der Waals surface area (Å²) < 4.78 is 5.51. The van der Waals surface area contributed by atoms with Crippen LogP contribution in [0.2, 0.25) is 10.0 Å². The molecule has 0 saturated heterocycles. The van der Waals surface area contributed by atoms with Crippen LogP contribution < -0.4 is 15.4 Å². The fraction of sp³-hybridized carbons (Fsp3) is 0.222. The van der Waals surface area contributed by atoms with Gasteiger partial charge in [-0.15, -0.1) is 0 Å². The van der Waals surface area contributed by atoms with E-state index < -0.39 is 0 Å². The van der Waals surface area contributed by atoms with E-state index in [4.69, 9.17) is 27.9 Å². The first kappa shape index (κ1) is 19.1. The minimum atomic E-state index is -0.309. The van der Waals surface area contributed by atoms with Crippen molar-refractivity contribution < 1.29 is 14.3 Å². The molecule has 0 radical (unpaired) electrons. The highest BCUT2D eigenvalue weighted by Gasteiger charge is 2.14. The lowest BCUT2D eigenvalue weighted by atomic mass is 10.1. The minimum absolute atomic E-state index is 0.188. The molecule has 0 aliphatic carbocycles. The monoisotopic (exact) mass is 380 g/mol. The van der Waals surface area contributed by atoms with Crippen LogP contribution in [0.4, 0.5) is 5.69 Å². The molecule has 7 heteroatoms. The van der Waals surface area contributed by atoms with E-state index >= 15 is 0 Å². The first-order chi connectivity index (χ1) is 11.9. The number of ether oxygens (including phenoxy) is 1. The van der Waals surface area contributed by atoms with Crippen molar-refractivity contribution in [1.82, 2.24) is 5.32 Å². The molecule has 0 unspecified atom stereocenters.